The Hall–Kier alpha value is -1.79. The average Bonchev–Trinajstić information content (AvgIpc) is 2.28. The standard InChI is InChI=1S/C10H13NO5/c12-5-7(14)4-11-10(16)8-3-6(13)1-2-9(8)15/h1-3,7,12-15H,4-5H2,(H,11,16). The van der Waals surface area contributed by atoms with Gasteiger partial charge in [0, 0.05) is 6.54 Å². The van der Waals surface area contributed by atoms with Crippen molar-refractivity contribution >= 4 is 5.91 Å². The predicted molar refractivity (Wildman–Crippen MR) is 55.2 cm³/mol. The van der Waals surface area contributed by atoms with Gasteiger partial charge in [0.15, 0.2) is 0 Å². The van der Waals surface area contributed by atoms with Gasteiger partial charge in [-0.1, -0.05) is 0 Å². The third-order valence-electron chi connectivity index (χ3n) is 1.93. The minimum absolute atomic E-state index is 0.0925. The van der Waals surface area contributed by atoms with Crippen LogP contribution in [0.5, 0.6) is 11.5 Å². The molecular weight excluding hydrogens is 214 g/mol. The zero-order valence-electron chi connectivity index (χ0n) is 8.42. The van der Waals surface area contributed by atoms with E-state index in [0.717, 1.165) is 6.07 Å². The maximum absolute atomic E-state index is 11.5. The molecule has 1 aromatic rings. The molecule has 1 unspecified atom stereocenters. The molecule has 0 aromatic heterocycles. The Kier molecular flexibility index (Phi) is 4.10. The topological polar surface area (TPSA) is 110 Å². The van der Waals surface area contributed by atoms with Gasteiger partial charge in [-0.15, -0.1) is 0 Å². The summed E-state index contributed by atoms with van der Waals surface area (Å²) in [6.45, 7) is -0.600. The summed E-state index contributed by atoms with van der Waals surface area (Å²) in [5.41, 5.74) is -0.0925. The highest BCUT2D eigenvalue weighted by Gasteiger charge is 2.12. The average molecular weight is 227 g/mol. The van der Waals surface area contributed by atoms with E-state index in [1.54, 1.807) is 0 Å². The van der Waals surface area contributed by atoms with Crippen LogP contribution in [0.2, 0.25) is 0 Å². The van der Waals surface area contributed by atoms with Crippen LogP contribution in [0.1, 0.15) is 10.4 Å². The number of aliphatic hydroxyl groups excluding tert-OH is 2. The molecule has 5 N–H and O–H groups in total. The van der Waals surface area contributed by atoms with Crippen LogP contribution < -0.4 is 5.32 Å². The largest absolute Gasteiger partial charge is 0.508 e. The van der Waals surface area contributed by atoms with Gasteiger partial charge in [0.1, 0.15) is 11.5 Å². The predicted octanol–water partition coefficient (Wildman–Crippen LogP) is -0.819. The van der Waals surface area contributed by atoms with Crippen LogP contribution in [0.4, 0.5) is 0 Å². The van der Waals surface area contributed by atoms with E-state index in [2.05, 4.69) is 5.32 Å². The van der Waals surface area contributed by atoms with Crippen molar-refractivity contribution in [2.75, 3.05) is 13.2 Å². The van der Waals surface area contributed by atoms with Gasteiger partial charge in [0.05, 0.1) is 18.3 Å². The Morgan fingerprint density at radius 3 is 2.69 bits per heavy atom. The van der Waals surface area contributed by atoms with Gasteiger partial charge in [0.2, 0.25) is 0 Å². The lowest BCUT2D eigenvalue weighted by Gasteiger charge is -2.10. The molecule has 0 saturated heterocycles. The molecule has 88 valence electrons. The Bertz CT molecular complexity index is 379. The molecule has 0 spiro atoms. The number of aliphatic hydroxyl groups is 2. The number of amides is 1. The maximum Gasteiger partial charge on any atom is 0.255 e. The number of carbonyl (C=O) groups excluding carboxylic acids is 1. The lowest BCUT2D eigenvalue weighted by Crippen LogP contribution is -2.33. The number of phenolic OH excluding ortho intramolecular Hbond substituents is 2. The van der Waals surface area contributed by atoms with Gasteiger partial charge in [0.25, 0.3) is 5.91 Å². The van der Waals surface area contributed by atoms with Gasteiger partial charge in [-0.2, -0.15) is 0 Å². The molecule has 1 amide bonds. The molecule has 6 nitrogen and oxygen atoms in total. The molecule has 0 saturated carbocycles. The molecule has 0 aliphatic carbocycles. The summed E-state index contributed by atoms with van der Waals surface area (Å²) in [5, 5.41) is 38.3. The Morgan fingerprint density at radius 1 is 1.38 bits per heavy atom. The SMILES string of the molecule is O=C(NCC(O)CO)c1cc(O)ccc1O. The fraction of sp³-hybridized carbons (Fsp3) is 0.300. The molecule has 1 aromatic carbocycles. The summed E-state index contributed by atoms with van der Waals surface area (Å²) in [6.07, 6.45) is -1.05. The molecule has 0 aliphatic heterocycles. The number of rotatable bonds is 4. The number of hydrogen-bond donors (Lipinski definition) is 5. The maximum atomic E-state index is 11.5. The van der Waals surface area contributed by atoms with Crippen LogP contribution in [0.15, 0.2) is 18.2 Å². The van der Waals surface area contributed by atoms with E-state index >= 15 is 0 Å². The van der Waals surface area contributed by atoms with Gasteiger partial charge < -0.3 is 25.7 Å². The molecule has 1 rings (SSSR count). The summed E-state index contributed by atoms with van der Waals surface area (Å²) in [7, 11) is 0. The van der Waals surface area contributed by atoms with Gasteiger partial charge in [-0.3, -0.25) is 4.79 Å². The third kappa shape index (κ3) is 3.11. The summed E-state index contributed by atoms with van der Waals surface area (Å²) in [6, 6.07) is 3.54. The van der Waals surface area contributed by atoms with E-state index in [1.807, 2.05) is 0 Å². The van der Waals surface area contributed by atoms with Crippen LogP contribution in [0, 0.1) is 0 Å². The lowest BCUT2D eigenvalue weighted by molar-refractivity contribution is 0.0800. The molecule has 16 heavy (non-hydrogen) atoms. The van der Waals surface area contributed by atoms with E-state index in [1.165, 1.54) is 12.1 Å². The van der Waals surface area contributed by atoms with E-state index in [4.69, 9.17) is 15.3 Å². The monoisotopic (exact) mass is 227 g/mol. The van der Waals surface area contributed by atoms with E-state index in [0.29, 0.717) is 0 Å². The van der Waals surface area contributed by atoms with Crippen LogP contribution in [0.25, 0.3) is 0 Å². The van der Waals surface area contributed by atoms with Crippen molar-refractivity contribution in [2.24, 2.45) is 0 Å². The van der Waals surface area contributed by atoms with Crippen molar-refractivity contribution in [2.45, 2.75) is 6.10 Å². The highest BCUT2D eigenvalue weighted by atomic mass is 16.3. The van der Waals surface area contributed by atoms with E-state index in [-0.39, 0.29) is 23.6 Å². The molecule has 0 radical (unpaired) electrons. The number of phenols is 2. The minimum atomic E-state index is -1.05. The molecule has 0 fully saturated rings. The van der Waals surface area contributed by atoms with Crippen molar-refractivity contribution in [3.8, 4) is 11.5 Å². The normalized spacial score (nSPS) is 12.1. The second-order valence-electron chi connectivity index (χ2n) is 3.25. The fourth-order valence-corrected chi connectivity index (χ4v) is 1.08. The summed E-state index contributed by atoms with van der Waals surface area (Å²) in [5.74, 6) is -1.06. The van der Waals surface area contributed by atoms with Crippen LogP contribution in [-0.4, -0.2) is 45.6 Å². The van der Waals surface area contributed by atoms with E-state index < -0.39 is 18.6 Å². The first kappa shape index (κ1) is 12.3. The van der Waals surface area contributed by atoms with Crippen molar-refractivity contribution in [1.29, 1.82) is 0 Å². The van der Waals surface area contributed by atoms with Gasteiger partial charge >= 0.3 is 0 Å². The fourth-order valence-electron chi connectivity index (χ4n) is 1.08. The number of aromatic hydroxyl groups is 2. The first-order valence-corrected chi connectivity index (χ1v) is 4.63. The Balaban J connectivity index is 2.69. The van der Waals surface area contributed by atoms with E-state index in [9.17, 15) is 9.90 Å². The second-order valence-corrected chi connectivity index (χ2v) is 3.25. The summed E-state index contributed by atoms with van der Waals surface area (Å²) >= 11 is 0. The van der Waals surface area contributed by atoms with Crippen molar-refractivity contribution in [3.63, 3.8) is 0 Å². The third-order valence-corrected chi connectivity index (χ3v) is 1.93. The number of nitrogens with one attached hydrogen (secondary N) is 1. The number of benzene rings is 1. The van der Waals surface area contributed by atoms with Gasteiger partial charge in [-0.05, 0) is 18.2 Å². The highest BCUT2D eigenvalue weighted by Crippen LogP contribution is 2.21. The van der Waals surface area contributed by atoms with Crippen molar-refractivity contribution < 1.29 is 25.2 Å². The summed E-state index contributed by atoms with van der Waals surface area (Å²) < 4.78 is 0. The Morgan fingerprint density at radius 2 is 2.06 bits per heavy atom. The number of hydrogen-bond acceptors (Lipinski definition) is 5. The first-order valence-electron chi connectivity index (χ1n) is 4.63. The van der Waals surface area contributed by atoms with Crippen LogP contribution in [0.3, 0.4) is 0 Å². The van der Waals surface area contributed by atoms with Crippen molar-refractivity contribution in [1.82, 2.24) is 5.32 Å². The molecule has 0 bridgehead atoms. The lowest BCUT2D eigenvalue weighted by atomic mass is 10.1. The molecule has 0 aliphatic rings. The number of carbonyl (C=O) groups is 1. The van der Waals surface area contributed by atoms with Gasteiger partial charge in [-0.25, -0.2) is 0 Å². The summed E-state index contributed by atoms with van der Waals surface area (Å²) in [4.78, 5) is 11.5. The molecule has 1 atom stereocenters. The van der Waals surface area contributed by atoms with Crippen molar-refractivity contribution in [3.05, 3.63) is 23.8 Å². The zero-order chi connectivity index (χ0) is 12.1. The molecular formula is C10H13NO5. The smallest absolute Gasteiger partial charge is 0.255 e. The van der Waals surface area contributed by atoms with Crippen LogP contribution >= 0.6 is 0 Å². The molecule has 6 heteroatoms. The van der Waals surface area contributed by atoms with Crippen LogP contribution in [-0.2, 0) is 0 Å². The minimum Gasteiger partial charge on any atom is -0.508 e. The Labute approximate surface area is 91.8 Å². The first-order chi connectivity index (χ1) is 7.54. The zero-order valence-corrected chi connectivity index (χ0v) is 8.42. The second kappa shape index (κ2) is 5.34. The quantitative estimate of drug-likeness (QED) is 0.432. The molecule has 0 heterocycles. The highest BCUT2D eigenvalue weighted by molar-refractivity contribution is 5.97.